The Morgan fingerprint density at radius 3 is 2.67 bits per heavy atom. The molecule has 2 N–H and O–H groups in total. The van der Waals surface area contributed by atoms with Gasteiger partial charge in [-0.25, -0.2) is 17.5 Å². The highest BCUT2D eigenvalue weighted by atomic mass is 79.9. The normalized spacial score (nSPS) is 11.8. The number of benzene rings is 1. The molecule has 1 heterocycles. The van der Waals surface area contributed by atoms with Crippen molar-refractivity contribution in [3.63, 3.8) is 0 Å². The van der Waals surface area contributed by atoms with E-state index >= 15 is 0 Å². The summed E-state index contributed by atoms with van der Waals surface area (Å²) in [5, 5.41) is 2.86. The molecule has 0 aliphatic rings. The quantitative estimate of drug-likeness (QED) is 0.811. The molecule has 0 aliphatic carbocycles. The first-order valence-corrected chi connectivity index (χ1v) is 8.37. The standard InChI is InChI=1S/C13H14BrFN2O3S/c1-16-8-10-6-12(13(14)20-10)21(18,19)17-7-9-4-2-3-5-11(9)15/h2-6,16-17H,7-8H2,1H3. The smallest absolute Gasteiger partial charge is 0.245 e. The maximum atomic E-state index is 13.5. The van der Waals surface area contributed by atoms with Gasteiger partial charge in [-0.1, -0.05) is 18.2 Å². The minimum absolute atomic E-state index is 0.0101. The van der Waals surface area contributed by atoms with Gasteiger partial charge >= 0.3 is 0 Å². The molecule has 0 amide bonds. The molecule has 0 spiro atoms. The summed E-state index contributed by atoms with van der Waals surface area (Å²) in [4.78, 5) is -0.0101. The monoisotopic (exact) mass is 376 g/mol. The fourth-order valence-corrected chi connectivity index (χ4v) is 3.74. The third kappa shape index (κ3) is 3.91. The fourth-order valence-electron chi connectivity index (χ4n) is 1.73. The molecule has 0 atom stereocenters. The fraction of sp³-hybridized carbons (Fsp3) is 0.231. The van der Waals surface area contributed by atoms with Crippen LogP contribution in [0.5, 0.6) is 0 Å². The van der Waals surface area contributed by atoms with Crippen molar-refractivity contribution >= 4 is 26.0 Å². The number of nitrogens with one attached hydrogen (secondary N) is 2. The second kappa shape index (κ2) is 6.69. The number of hydrogen-bond acceptors (Lipinski definition) is 4. The molecule has 0 bridgehead atoms. The lowest BCUT2D eigenvalue weighted by molar-refractivity contribution is 0.470. The zero-order chi connectivity index (χ0) is 15.5. The van der Waals surface area contributed by atoms with E-state index < -0.39 is 15.8 Å². The zero-order valence-corrected chi connectivity index (χ0v) is 13.6. The summed E-state index contributed by atoms with van der Waals surface area (Å²) in [7, 11) is -2.07. The number of hydrogen-bond donors (Lipinski definition) is 2. The van der Waals surface area contributed by atoms with E-state index in [0.717, 1.165) is 0 Å². The highest BCUT2D eigenvalue weighted by molar-refractivity contribution is 9.10. The molecule has 1 aromatic carbocycles. The second-order valence-corrected chi connectivity index (χ2v) is 6.75. The van der Waals surface area contributed by atoms with Crippen LogP contribution in [0.4, 0.5) is 4.39 Å². The minimum atomic E-state index is -3.79. The maximum absolute atomic E-state index is 13.5. The van der Waals surface area contributed by atoms with Crippen molar-refractivity contribution in [1.29, 1.82) is 0 Å². The molecular formula is C13H14BrFN2O3S. The van der Waals surface area contributed by atoms with Gasteiger partial charge in [0.25, 0.3) is 0 Å². The summed E-state index contributed by atoms with van der Waals surface area (Å²) in [6.07, 6.45) is 0. The molecule has 114 valence electrons. The Labute approximate surface area is 130 Å². The van der Waals surface area contributed by atoms with Gasteiger partial charge in [0.2, 0.25) is 10.0 Å². The van der Waals surface area contributed by atoms with E-state index in [1.165, 1.54) is 18.2 Å². The van der Waals surface area contributed by atoms with Crippen LogP contribution in [-0.4, -0.2) is 15.5 Å². The molecule has 1 aromatic heterocycles. The molecule has 5 nitrogen and oxygen atoms in total. The van der Waals surface area contributed by atoms with Gasteiger partial charge in [0.15, 0.2) is 4.67 Å². The average molecular weight is 377 g/mol. The number of sulfonamides is 1. The van der Waals surface area contributed by atoms with Crippen LogP contribution < -0.4 is 10.0 Å². The third-order valence-electron chi connectivity index (χ3n) is 2.76. The largest absolute Gasteiger partial charge is 0.452 e. The molecular weight excluding hydrogens is 363 g/mol. The zero-order valence-electron chi connectivity index (χ0n) is 11.2. The van der Waals surface area contributed by atoms with Gasteiger partial charge in [-0.05, 0) is 29.0 Å². The van der Waals surface area contributed by atoms with Crippen LogP contribution >= 0.6 is 15.9 Å². The van der Waals surface area contributed by atoms with Crippen LogP contribution in [-0.2, 0) is 23.1 Å². The van der Waals surface area contributed by atoms with Gasteiger partial charge in [-0.3, -0.25) is 0 Å². The van der Waals surface area contributed by atoms with Crippen molar-refractivity contribution in [1.82, 2.24) is 10.0 Å². The lowest BCUT2D eigenvalue weighted by Crippen LogP contribution is -2.23. The Hall–Kier alpha value is -1.22. The average Bonchev–Trinajstić information content (AvgIpc) is 2.80. The van der Waals surface area contributed by atoms with E-state index in [1.54, 1.807) is 19.2 Å². The summed E-state index contributed by atoms with van der Waals surface area (Å²) in [5.41, 5.74) is 0.274. The van der Waals surface area contributed by atoms with Crippen molar-refractivity contribution in [2.24, 2.45) is 0 Å². The van der Waals surface area contributed by atoms with Crippen molar-refractivity contribution in [3.05, 3.63) is 52.1 Å². The van der Waals surface area contributed by atoms with Crippen LogP contribution in [0.2, 0.25) is 0 Å². The molecule has 2 aromatic rings. The first-order valence-electron chi connectivity index (χ1n) is 6.10. The SMILES string of the molecule is CNCc1cc(S(=O)(=O)NCc2ccccc2F)c(Br)o1. The number of halogens is 2. The van der Waals surface area contributed by atoms with Gasteiger partial charge in [0.05, 0.1) is 6.54 Å². The molecule has 0 radical (unpaired) electrons. The molecule has 21 heavy (non-hydrogen) atoms. The van der Waals surface area contributed by atoms with Crippen LogP contribution in [0.15, 0.2) is 44.3 Å². The van der Waals surface area contributed by atoms with Gasteiger partial charge in [0.1, 0.15) is 16.5 Å². The highest BCUT2D eigenvalue weighted by Gasteiger charge is 2.22. The summed E-state index contributed by atoms with van der Waals surface area (Å²) >= 11 is 3.08. The molecule has 8 heteroatoms. The Balaban J connectivity index is 2.17. The predicted molar refractivity (Wildman–Crippen MR) is 79.6 cm³/mol. The lowest BCUT2D eigenvalue weighted by Gasteiger charge is -2.06. The van der Waals surface area contributed by atoms with Crippen molar-refractivity contribution in [3.8, 4) is 0 Å². The third-order valence-corrected chi connectivity index (χ3v) is 5.02. The maximum Gasteiger partial charge on any atom is 0.245 e. The number of rotatable bonds is 6. The van der Waals surface area contributed by atoms with Crippen LogP contribution in [0.25, 0.3) is 0 Å². The predicted octanol–water partition coefficient (Wildman–Crippen LogP) is 2.38. The van der Waals surface area contributed by atoms with E-state index in [2.05, 4.69) is 26.0 Å². The molecule has 0 saturated heterocycles. The Morgan fingerprint density at radius 1 is 1.29 bits per heavy atom. The summed E-state index contributed by atoms with van der Waals surface area (Å²) in [6.45, 7) is 0.273. The van der Waals surface area contributed by atoms with Gasteiger partial charge in [0, 0.05) is 18.2 Å². The summed E-state index contributed by atoms with van der Waals surface area (Å²) in [6, 6.07) is 7.41. The molecule has 2 rings (SSSR count). The summed E-state index contributed by atoms with van der Waals surface area (Å²) in [5.74, 6) is 0.0259. The topological polar surface area (TPSA) is 71.3 Å². The number of furan rings is 1. The second-order valence-electron chi connectivity index (χ2n) is 4.30. The lowest BCUT2D eigenvalue weighted by atomic mass is 10.2. The Kier molecular flexibility index (Phi) is 5.15. The van der Waals surface area contributed by atoms with Gasteiger partial charge < -0.3 is 9.73 Å². The van der Waals surface area contributed by atoms with Crippen LogP contribution in [0.3, 0.4) is 0 Å². The molecule has 0 saturated carbocycles. The van der Waals surface area contributed by atoms with Gasteiger partial charge in [-0.2, -0.15) is 0 Å². The first-order chi connectivity index (χ1) is 9.94. The van der Waals surface area contributed by atoms with Crippen LogP contribution in [0, 0.1) is 5.82 Å². The summed E-state index contributed by atoms with van der Waals surface area (Å²) < 4.78 is 45.7. The van der Waals surface area contributed by atoms with E-state index in [4.69, 9.17) is 4.42 Å². The van der Waals surface area contributed by atoms with E-state index in [0.29, 0.717) is 12.3 Å². The molecule has 0 unspecified atom stereocenters. The highest BCUT2D eigenvalue weighted by Crippen LogP contribution is 2.26. The molecule has 0 fully saturated rings. The van der Waals surface area contributed by atoms with Crippen molar-refractivity contribution in [2.45, 2.75) is 18.0 Å². The molecule has 0 aliphatic heterocycles. The van der Waals surface area contributed by atoms with Crippen molar-refractivity contribution in [2.75, 3.05) is 7.05 Å². The minimum Gasteiger partial charge on any atom is -0.452 e. The van der Waals surface area contributed by atoms with E-state index in [9.17, 15) is 12.8 Å². The van der Waals surface area contributed by atoms with Crippen molar-refractivity contribution < 1.29 is 17.2 Å². The van der Waals surface area contributed by atoms with Crippen LogP contribution in [0.1, 0.15) is 11.3 Å². The Bertz CT molecular complexity index is 731. The van der Waals surface area contributed by atoms with E-state index in [1.807, 2.05) is 0 Å². The van der Waals surface area contributed by atoms with Gasteiger partial charge in [-0.15, -0.1) is 0 Å². The first kappa shape index (κ1) is 16.2. The Morgan fingerprint density at radius 2 is 2.00 bits per heavy atom. The van der Waals surface area contributed by atoms with E-state index in [-0.39, 0.29) is 21.7 Å².